The maximum absolute atomic E-state index is 10.8. The van der Waals surface area contributed by atoms with Gasteiger partial charge in [-0.25, -0.2) is 0 Å². The largest absolute Gasteiger partial charge is 0.361 e. The number of nitrogens with one attached hydrogen (secondary N) is 1. The first-order valence-corrected chi connectivity index (χ1v) is 5.41. The van der Waals surface area contributed by atoms with Crippen LogP contribution >= 0.6 is 0 Å². The van der Waals surface area contributed by atoms with Crippen LogP contribution in [0.3, 0.4) is 0 Å². The molecule has 5 heteroatoms. The second kappa shape index (κ2) is 3.96. The van der Waals surface area contributed by atoms with Gasteiger partial charge in [-0.15, -0.1) is 0 Å². The number of hydrogen-bond acceptors (Lipinski definition) is 3. The molecule has 1 N–H and O–H groups in total. The summed E-state index contributed by atoms with van der Waals surface area (Å²) in [6, 6.07) is 8.55. The minimum Gasteiger partial charge on any atom is -0.361 e. The molecule has 0 radical (unpaired) electrons. The summed E-state index contributed by atoms with van der Waals surface area (Å²) in [6.07, 6.45) is 5.27. The van der Waals surface area contributed by atoms with Crippen LogP contribution in [-0.4, -0.2) is 14.9 Å². The van der Waals surface area contributed by atoms with E-state index in [1.54, 1.807) is 24.5 Å². The Morgan fingerprint density at radius 3 is 2.89 bits per heavy atom. The zero-order valence-corrected chi connectivity index (χ0v) is 9.33. The Bertz CT molecular complexity index is 719. The van der Waals surface area contributed by atoms with E-state index < -0.39 is 0 Å². The fraction of sp³-hybridized carbons (Fsp3) is 0. The van der Waals surface area contributed by atoms with E-state index in [4.69, 9.17) is 0 Å². The van der Waals surface area contributed by atoms with Gasteiger partial charge < -0.3 is 4.98 Å². The Balaban J connectivity index is 2.24. The van der Waals surface area contributed by atoms with Gasteiger partial charge in [-0.3, -0.25) is 15.1 Å². The van der Waals surface area contributed by atoms with Crippen LogP contribution in [0.1, 0.15) is 0 Å². The van der Waals surface area contributed by atoms with E-state index >= 15 is 0 Å². The van der Waals surface area contributed by atoms with Crippen molar-refractivity contribution in [2.75, 3.05) is 0 Å². The zero-order valence-electron chi connectivity index (χ0n) is 9.33. The molecule has 0 bridgehead atoms. The van der Waals surface area contributed by atoms with E-state index in [2.05, 4.69) is 9.97 Å². The summed E-state index contributed by atoms with van der Waals surface area (Å²) in [6.45, 7) is 0. The van der Waals surface area contributed by atoms with E-state index in [-0.39, 0.29) is 10.6 Å². The standard InChI is InChI=1S/C13H9N3O2/c17-16(18)10-3-4-13-11(6-10)12(8-15-13)9-2-1-5-14-7-9/h1-8,15H. The summed E-state index contributed by atoms with van der Waals surface area (Å²) in [5, 5.41) is 11.6. The van der Waals surface area contributed by atoms with Gasteiger partial charge in [0.05, 0.1) is 4.92 Å². The number of rotatable bonds is 2. The molecule has 2 aromatic heterocycles. The third-order valence-corrected chi connectivity index (χ3v) is 2.85. The lowest BCUT2D eigenvalue weighted by Crippen LogP contribution is -1.86. The van der Waals surface area contributed by atoms with Gasteiger partial charge in [0, 0.05) is 52.8 Å². The molecular weight excluding hydrogens is 230 g/mol. The van der Waals surface area contributed by atoms with E-state index in [1.807, 2.05) is 18.3 Å². The van der Waals surface area contributed by atoms with Gasteiger partial charge >= 0.3 is 0 Å². The van der Waals surface area contributed by atoms with Crippen LogP contribution in [0.15, 0.2) is 48.9 Å². The van der Waals surface area contributed by atoms with Crippen molar-refractivity contribution in [3.05, 3.63) is 59.0 Å². The summed E-state index contributed by atoms with van der Waals surface area (Å²) in [4.78, 5) is 17.6. The van der Waals surface area contributed by atoms with Crippen molar-refractivity contribution in [3.8, 4) is 11.1 Å². The predicted octanol–water partition coefficient (Wildman–Crippen LogP) is 3.14. The van der Waals surface area contributed by atoms with Crippen LogP contribution in [0.25, 0.3) is 22.0 Å². The van der Waals surface area contributed by atoms with Crippen LogP contribution in [0, 0.1) is 10.1 Å². The van der Waals surface area contributed by atoms with Gasteiger partial charge in [0.15, 0.2) is 0 Å². The van der Waals surface area contributed by atoms with Crippen molar-refractivity contribution in [2.24, 2.45) is 0 Å². The highest BCUT2D eigenvalue weighted by molar-refractivity contribution is 5.96. The van der Waals surface area contributed by atoms with Crippen molar-refractivity contribution < 1.29 is 4.92 Å². The van der Waals surface area contributed by atoms with Crippen molar-refractivity contribution in [3.63, 3.8) is 0 Å². The second-order valence-corrected chi connectivity index (χ2v) is 3.93. The molecule has 0 spiro atoms. The molecule has 5 nitrogen and oxygen atoms in total. The molecule has 0 aliphatic heterocycles. The van der Waals surface area contributed by atoms with E-state index in [9.17, 15) is 10.1 Å². The number of pyridine rings is 1. The number of H-pyrrole nitrogens is 1. The molecule has 0 saturated heterocycles. The number of nitrogens with zero attached hydrogens (tertiary/aromatic N) is 2. The predicted molar refractivity (Wildman–Crippen MR) is 68.2 cm³/mol. The van der Waals surface area contributed by atoms with E-state index in [0.717, 1.165) is 22.0 Å². The fourth-order valence-electron chi connectivity index (χ4n) is 1.98. The van der Waals surface area contributed by atoms with Gasteiger partial charge in [0.2, 0.25) is 0 Å². The fourth-order valence-corrected chi connectivity index (χ4v) is 1.98. The zero-order chi connectivity index (χ0) is 12.5. The number of nitro benzene ring substituents is 1. The highest BCUT2D eigenvalue weighted by Gasteiger charge is 2.11. The molecule has 0 atom stereocenters. The highest BCUT2D eigenvalue weighted by Crippen LogP contribution is 2.30. The smallest absolute Gasteiger partial charge is 0.270 e. The Morgan fingerprint density at radius 2 is 2.17 bits per heavy atom. The van der Waals surface area contributed by atoms with Crippen molar-refractivity contribution in [1.29, 1.82) is 0 Å². The lowest BCUT2D eigenvalue weighted by Gasteiger charge is -1.98. The molecule has 2 heterocycles. The van der Waals surface area contributed by atoms with Crippen LogP contribution in [0.4, 0.5) is 5.69 Å². The molecule has 0 unspecified atom stereocenters. The van der Waals surface area contributed by atoms with Gasteiger partial charge in [-0.05, 0) is 12.1 Å². The summed E-state index contributed by atoms with van der Waals surface area (Å²) >= 11 is 0. The topological polar surface area (TPSA) is 71.8 Å². The number of fused-ring (bicyclic) bond motifs is 1. The molecule has 3 rings (SSSR count). The first-order valence-electron chi connectivity index (χ1n) is 5.41. The number of aromatic nitrogens is 2. The minimum absolute atomic E-state index is 0.0900. The average molecular weight is 239 g/mol. The minimum atomic E-state index is -0.389. The molecule has 0 aliphatic rings. The van der Waals surface area contributed by atoms with Crippen molar-refractivity contribution in [1.82, 2.24) is 9.97 Å². The SMILES string of the molecule is O=[N+]([O-])c1ccc2[nH]cc(-c3cccnc3)c2c1. The monoisotopic (exact) mass is 239 g/mol. The summed E-state index contributed by atoms with van der Waals surface area (Å²) < 4.78 is 0. The number of aromatic amines is 1. The van der Waals surface area contributed by atoms with E-state index in [0.29, 0.717) is 0 Å². The van der Waals surface area contributed by atoms with Crippen LogP contribution in [0.5, 0.6) is 0 Å². The Morgan fingerprint density at radius 1 is 1.28 bits per heavy atom. The van der Waals surface area contributed by atoms with Gasteiger partial charge in [-0.1, -0.05) is 6.07 Å². The lowest BCUT2D eigenvalue weighted by atomic mass is 10.1. The summed E-state index contributed by atoms with van der Waals surface area (Å²) in [5.74, 6) is 0. The van der Waals surface area contributed by atoms with Crippen LogP contribution in [0.2, 0.25) is 0 Å². The normalized spacial score (nSPS) is 10.7. The third-order valence-electron chi connectivity index (χ3n) is 2.85. The molecule has 0 amide bonds. The third kappa shape index (κ3) is 1.62. The molecule has 1 aromatic carbocycles. The first kappa shape index (κ1) is 10.5. The van der Waals surface area contributed by atoms with Crippen LogP contribution in [-0.2, 0) is 0 Å². The van der Waals surface area contributed by atoms with Crippen molar-refractivity contribution >= 4 is 16.6 Å². The maximum atomic E-state index is 10.8. The first-order chi connectivity index (χ1) is 8.75. The number of benzene rings is 1. The number of hydrogen-bond donors (Lipinski definition) is 1. The molecule has 0 saturated carbocycles. The van der Waals surface area contributed by atoms with E-state index in [1.165, 1.54) is 6.07 Å². The lowest BCUT2D eigenvalue weighted by molar-refractivity contribution is -0.384. The molecule has 3 aromatic rings. The maximum Gasteiger partial charge on any atom is 0.270 e. The quantitative estimate of drug-likeness (QED) is 0.551. The molecule has 0 aliphatic carbocycles. The summed E-state index contributed by atoms with van der Waals surface area (Å²) in [7, 11) is 0. The van der Waals surface area contributed by atoms with Crippen LogP contribution < -0.4 is 0 Å². The molecule has 88 valence electrons. The second-order valence-electron chi connectivity index (χ2n) is 3.93. The summed E-state index contributed by atoms with van der Waals surface area (Å²) in [5.41, 5.74) is 2.82. The average Bonchev–Trinajstić information content (AvgIpc) is 2.82. The number of non-ortho nitro benzene ring substituents is 1. The van der Waals surface area contributed by atoms with Crippen molar-refractivity contribution in [2.45, 2.75) is 0 Å². The number of nitro groups is 1. The molecular formula is C13H9N3O2. The van der Waals surface area contributed by atoms with Gasteiger partial charge in [-0.2, -0.15) is 0 Å². The van der Waals surface area contributed by atoms with Gasteiger partial charge in [0.1, 0.15) is 0 Å². The molecule has 0 fully saturated rings. The Labute approximate surface area is 102 Å². The van der Waals surface area contributed by atoms with Gasteiger partial charge in [0.25, 0.3) is 5.69 Å². The molecule has 18 heavy (non-hydrogen) atoms. The highest BCUT2D eigenvalue weighted by atomic mass is 16.6. The Hall–Kier alpha value is -2.69. The Kier molecular flexibility index (Phi) is 2.30.